The third-order valence-electron chi connectivity index (χ3n) is 5.54. The zero-order valence-corrected chi connectivity index (χ0v) is 16.4. The average molecular weight is 386 g/mol. The van der Waals surface area contributed by atoms with E-state index < -0.39 is 0 Å². The van der Waals surface area contributed by atoms with Gasteiger partial charge in [0.1, 0.15) is 17.2 Å². The predicted molar refractivity (Wildman–Crippen MR) is 111 cm³/mol. The van der Waals surface area contributed by atoms with Crippen LogP contribution >= 0.6 is 0 Å². The smallest absolute Gasteiger partial charge is 0.213 e. The maximum Gasteiger partial charge on any atom is 0.213 e. The first-order valence-electron chi connectivity index (χ1n) is 9.69. The van der Waals surface area contributed by atoms with Gasteiger partial charge >= 0.3 is 0 Å². The lowest BCUT2D eigenvalue weighted by Gasteiger charge is -2.38. The number of para-hydroxylation sites is 1. The van der Waals surface area contributed by atoms with Gasteiger partial charge in [0.2, 0.25) is 6.23 Å². The van der Waals surface area contributed by atoms with E-state index in [1.54, 1.807) is 19.2 Å². The minimum atomic E-state index is -0.319. The van der Waals surface area contributed by atoms with Gasteiger partial charge < -0.3 is 14.6 Å². The molecule has 29 heavy (non-hydrogen) atoms. The Balaban J connectivity index is 1.61. The third kappa shape index (κ3) is 2.99. The lowest BCUT2D eigenvalue weighted by Crippen LogP contribution is -2.33. The first kappa shape index (κ1) is 17.6. The van der Waals surface area contributed by atoms with Crippen molar-refractivity contribution in [1.82, 2.24) is 5.01 Å². The number of phenolic OH excluding ortho intramolecular Hbond substituents is 1. The van der Waals surface area contributed by atoms with Crippen LogP contribution in [0.2, 0.25) is 0 Å². The van der Waals surface area contributed by atoms with Crippen LogP contribution in [0.3, 0.4) is 0 Å². The number of nitrogens with zero attached hydrogens (tertiary/aromatic N) is 2. The zero-order valence-electron chi connectivity index (χ0n) is 16.4. The predicted octanol–water partition coefficient (Wildman–Crippen LogP) is 4.95. The van der Waals surface area contributed by atoms with Gasteiger partial charge in [0.05, 0.1) is 18.9 Å². The Morgan fingerprint density at radius 2 is 1.93 bits per heavy atom. The summed E-state index contributed by atoms with van der Waals surface area (Å²) in [5, 5.41) is 17.4. The van der Waals surface area contributed by atoms with E-state index in [4.69, 9.17) is 14.6 Å². The molecule has 0 spiro atoms. The Labute approximate surface area is 169 Å². The quantitative estimate of drug-likeness (QED) is 0.692. The van der Waals surface area contributed by atoms with Gasteiger partial charge in [-0.3, -0.25) is 0 Å². The molecule has 0 aliphatic carbocycles. The number of aromatic hydroxyl groups is 1. The summed E-state index contributed by atoms with van der Waals surface area (Å²) in [4.78, 5) is 0. The topological polar surface area (TPSA) is 54.3 Å². The van der Waals surface area contributed by atoms with Gasteiger partial charge in [0.25, 0.3) is 0 Å². The van der Waals surface area contributed by atoms with E-state index in [2.05, 4.69) is 31.2 Å². The van der Waals surface area contributed by atoms with Crippen LogP contribution in [-0.4, -0.2) is 22.9 Å². The molecule has 0 bridgehead atoms. The maximum atomic E-state index is 10.5. The fraction of sp³-hybridized carbons (Fsp3) is 0.208. The molecule has 5 heteroatoms. The molecule has 0 unspecified atom stereocenters. The van der Waals surface area contributed by atoms with Crippen molar-refractivity contribution in [2.75, 3.05) is 7.11 Å². The molecule has 5 nitrogen and oxygen atoms in total. The molecule has 0 fully saturated rings. The molecule has 3 aromatic rings. The molecule has 3 aromatic carbocycles. The van der Waals surface area contributed by atoms with Crippen molar-refractivity contribution in [3.63, 3.8) is 0 Å². The zero-order chi connectivity index (χ0) is 20.0. The van der Waals surface area contributed by atoms with Crippen LogP contribution in [0, 0.1) is 6.92 Å². The number of phenols is 1. The van der Waals surface area contributed by atoms with Crippen LogP contribution in [0.4, 0.5) is 0 Å². The summed E-state index contributed by atoms with van der Waals surface area (Å²) in [5.41, 5.74) is 4.86. The van der Waals surface area contributed by atoms with Crippen LogP contribution in [0.15, 0.2) is 71.8 Å². The molecule has 2 atom stereocenters. The van der Waals surface area contributed by atoms with Gasteiger partial charge in [-0.15, -0.1) is 0 Å². The van der Waals surface area contributed by atoms with Crippen molar-refractivity contribution in [3.05, 3.63) is 89.0 Å². The number of fused-ring (bicyclic) bond motifs is 3. The maximum absolute atomic E-state index is 10.5. The average Bonchev–Trinajstić information content (AvgIpc) is 3.19. The fourth-order valence-electron chi connectivity index (χ4n) is 4.11. The molecule has 0 saturated carbocycles. The highest BCUT2D eigenvalue weighted by molar-refractivity contribution is 6.04. The van der Waals surface area contributed by atoms with Crippen molar-refractivity contribution >= 4 is 5.71 Å². The van der Waals surface area contributed by atoms with Crippen molar-refractivity contribution in [1.29, 1.82) is 0 Å². The standard InChI is InChI=1S/C24H22N2O3/c1-15-6-5-7-16(12-15)24-26-21(18-8-3-4-9-23(18)29-24)14-20(25-26)19-13-17(28-2)10-11-22(19)27/h3-13,21,24,27H,14H2,1-2H3/t21-,24-/m1/s1. The highest BCUT2D eigenvalue weighted by atomic mass is 16.5. The first-order valence-corrected chi connectivity index (χ1v) is 9.69. The molecular formula is C24H22N2O3. The number of hydrogen-bond acceptors (Lipinski definition) is 5. The molecular weight excluding hydrogens is 364 g/mol. The van der Waals surface area contributed by atoms with E-state index in [9.17, 15) is 5.11 Å². The number of rotatable bonds is 3. The Hall–Kier alpha value is -3.47. The van der Waals surface area contributed by atoms with Crippen molar-refractivity contribution in [2.45, 2.75) is 25.6 Å². The van der Waals surface area contributed by atoms with Gasteiger partial charge in [-0.1, -0.05) is 48.0 Å². The Kier molecular flexibility index (Phi) is 4.16. The molecule has 5 rings (SSSR count). The summed E-state index contributed by atoms with van der Waals surface area (Å²) < 4.78 is 11.7. The number of hydrazone groups is 1. The molecule has 1 N–H and O–H groups in total. The summed E-state index contributed by atoms with van der Waals surface area (Å²) in [5.74, 6) is 1.77. The molecule has 2 aliphatic heterocycles. The molecule has 0 aromatic heterocycles. The van der Waals surface area contributed by atoms with Gasteiger partial charge in [0.15, 0.2) is 0 Å². The number of methoxy groups -OCH3 is 1. The van der Waals surface area contributed by atoms with Crippen LogP contribution in [0.25, 0.3) is 0 Å². The number of ether oxygens (including phenoxy) is 2. The van der Waals surface area contributed by atoms with E-state index >= 15 is 0 Å². The fourth-order valence-corrected chi connectivity index (χ4v) is 4.11. The second-order valence-electron chi connectivity index (χ2n) is 7.45. The van der Waals surface area contributed by atoms with Gasteiger partial charge in [-0.05, 0) is 31.2 Å². The highest BCUT2D eigenvalue weighted by Crippen LogP contribution is 2.48. The monoisotopic (exact) mass is 386 g/mol. The molecule has 2 aliphatic rings. The second kappa shape index (κ2) is 6.85. The molecule has 0 radical (unpaired) electrons. The second-order valence-corrected chi connectivity index (χ2v) is 7.45. The first-order chi connectivity index (χ1) is 14.1. The van der Waals surface area contributed by atoms with Crippen molar-refractivity contribution in [3.8, 4) is 17.2 Å². The van der Waals surface area contributed by atoms with Crippen LogP contribution in [0.1, 0.15) is 40.9 Å². The summed E-state index contributed by atoms with van der Waals surface area (Å²) in [6.45, 7) is 2.07. The van der Waals surface area contributed by atoms with Crippen LogP contribution in [0.5, 0.6) is 17.2 Å². The highest BCUT2D eigenvalue weighted by Gasteiger charge is 2.41. The van der Waals surface area contributed by atoms with E-state index in [1.165, 1.54) is 5.56 Å². The van der Waals surface area contributed by atoms with E-state index in [0.29, 0.717) is 17.7 Å². The van der Waals surface area contributed by atoms with Gasteiger partial charge in [0, 0.05) is 23.1 Å². The minimum Gasteiger partial charge on any atom is -0.507 e. The Bertz CT molecular complexity index is 1110. The van der Waals surface area contributed by atoms with Crippen molar-refractivity contribution in [2.24, 2.45) is 5.10 Å². The van der Waals surface area contributed by atoms with Crippen molar-refractivity contribution < 1.29 is 14.6 Å². The lowest BCUT2D eigenvalue weighted by atomic mass is 9.95. The van der Waals surface area contributed by atoms with Gasteiger partial charge in [-0.25, -0.2) is 5.01 Å². The summed E-state index contributed by atoms with van der Waals surface area (Å²) >= 11 is 0. The lowest BCUT2D eigenvalue weighted by molar-refractivity contribution is -0.0190. The summed E-state index contributed by atoms with van der Waals surface area (Å²) in [6.07, 6.45) is 0.365. The van der Waals surface area contributed by atoms with E-state index in [-0.39, 0.29) is 18.0 Å². The minimum absolute atomic E-state index is 0.0473. The third-order valence-corrected chi connectivity index (χ3v) is 5.54. The molecule has 146 valence electrons. The molecule has 0 saturated heterocycles. The van der Waals surface area contributed by atoms with E-state index in [1.807, 2.05) is 35.3 Å². The Morgan fingerprint density at radius 3 is 2.76 bits per heavy atom. The number of hydrogen-bond donors (Lipinski definition) is 1. The van der Waals surface area contributed by atoms with Gasteiger partial charge in [-0.2, -0.15) is 5.10 Å². The largest absolute Gasteiger partial charge is 0.507 e. The summed E-state index contributed by atoms with van der Waals surface area (Å²) in [7, 11) is 1.62. The number of benzene rings is 3. The van der Waals surface area contributed by atoms with Crippen LogP contribution < -0.4 is 9.47 Å². The van der Waals surface area contributed by atoms with E-state index in [0.717, 1.165) is 22.6 Å². The molecule has 0 amide bonds. The Morgan fingerprint density at radius 1 is 1.07 bits per heavy atom. The summed E-state index contributed by atoms with van der Waals surface area (Å²) in [6, 6.07) is 21.7. The normalized spacial score (nSPS) is 19.8. The SMILES string of the molecule is COc1ccc(O)c(C2=NN3[C@H](C2)c2ccccc2O[C@@H]3c2cccc(C)c2)c1. The molecule has 2 heterocycles. The van der Waals surface area contributed by atoms with Crippen LogP contribution in [-0.2, 0) is 0 Å². The number of aryl methyl sites for hydroxylation is 1.